The SMILES string of the molecule is CC1CN(C(=O)c2nccnc2N)CCC1c1ccccc1. The first-order valence-corrected chi connectivity index (χ1v) is 7.57. The molecule has 2 aromatic rings. The molecule has 5 heteroatoms. The molecule has 2 N–H and O–H groups in total. The molecule has 3 rings (SSSR count). The number of nitrogens with two attached hydrogens (primary N) is 1. The summed E-state index contributed by atoms with van der Waals surface area (Å²) in [6.07, 6.45) is 3.96. The highest BCUT2D eigenvalue weighted by molar-refractivity contribution is 5.96. The molecular weight excluding hydrogens is 276 g/mol. The van der Waals surface area contributed by atoms with Crippen molar-refractivity contribution >= 4 is 11.7 Å². The Kier molecular flexibility index (Phi) is 4.04. The molecule has 5 nitrogen and oxygen atoms in total. The van der Waals surface area contributed by atoms with E-state index in [-0.39, 0.29) is 17.4 Å². The van der Waals surface area contributed by atoms with Crippen LogP contribution in [-0.2, 0) is 0 Å². The molecule has 1 amide bonds. The second-order valence-corrected chi connectivity index (χ2v) is 5.82. The number of nitrogen functional groups attached to an aromatic ring is 1. The van der Waals surface area contributed by atoms with E-state index in [1.165, 1.54) is 18.0 Å². The lowest BCUT2D eigenvalue weighted by atomic mass is 9.81. The van der Waals surface area contributed by atoms with Gasteiger partial charge in [0.2, 0.25) is 0 Å². The fourth-order valence-corrected chi connectivity index (χ4v) is 3.19. The average molecular weight is 296 g/mol. The fraction of sp³-hybridized carbons (Fsp3) is 0.353. The maximum absolute atomic E-state index is 12.6. The smallest absolute Gasteiger partial charge is 0.276 e. The molecule has 1 fully saturated rings. The van der Waals surface area contributed by atoms with Crippen molar-refractivity contribution in [3.05, 3.63) is 54.0 Å². The van der Waals surface area contributed by atoms with Gasteiger partial charge in [0.15, 0.2) is 11.5 Å². The Hall–Kier alpha value is -2.43. The molecule has 1 aliphatic rings. The van der Waals surface area contributed by atoms with Crippen molar-refractivity contribution in [3.63, 3.8) is 0 Å². The van der Waals surface area contributed by atoms with Crippen molar-refractivity contribution in [2.24, 2.45) is 5.92 Å². The number of rotatable bonds is 2. The number of piperidine rings is 1. The number of hydrogen-bond acceptors (Lipinski definition) is 4. The van der Waals surface area contributed by atoms with E-state index < -0.39 is 0 Å². The van der Waals surface area contributed by atoms with Gasteiger partial charge >= 0.3 is 0 Å². The van der Waals surface area contributed by atoms with Crippen molar-refractivity contribution < 1.29 is 4.79 Å². The third-order valence-electron chi connectivity index (χ3n) is 4.35. The van der Waals surface area contributed by atoms with Crippen LogP contribution in [0.1, 0.15) is 35.3 Å². The zero-order chi connectivity index (χ0) is 15.5. The zero-order valence-corrected chi connectivity index (χ0v) is 12.6. The topological polar surface area (TPSA) is 72.1 Å². The Labute approximate surface area is 130 Å². The van der Waals surface area contributed by atoms with E-state index in [1.807, 2.05) is 11.0 Å². The first-order valence-electron chi connectivity index (χ1n) is 7.57. The number of likely N-dealkylation sites (tertiary alicyclic amines) is 1. The van der Waals surface area contributed by atoms with E-state index in [1.54, 1.807) is 0 Å². The lowest BCUT2D eigenvalue weighted by molar-refractivity contribution is 0.0655. The summed E-state index contributed by atoms with van der Waals surface area (Å²) < 4.78 is 0. The van der Waals surface area contributed by atoms with Crippen molar-refractivity contribution in [1.82, 2.24) is 14.9 Å². The Morgan fingerprint density at radius 2 is 1.95 bits per heavy atom. The van der Waals surface area contributed by atoms with Crippen LogP contribution in [0.25, 0.3) is 0 Å². The van der Waals surface area contributed by atoms with Crippen molar-refractivity contribution in [3.8, 4) is 0 Å². The quantitative estimate of drug-likeness (QED) is 0.923. The predicted octanol–water partition coefficient (Wildman–Crippen LogP) is 2.32. The molecule has 0 radical (unpaired) electrons. The van der Waals surface area contributed by atoms with Crippen LogP contribution in [0.4, 0.5) is 5.82 Å². The number of carbonyl (C=O) groups excluding carboxylic acids is 1. The third kappa shape index (κ3) is 2.79. The number of benzene rings is 1. The van der Waals surface area contributed by atoms with Crippen LogP contribution < -0.4 is 5.73 Å². The summed E-state index contributed by atoms with van der Waals surface area (Å²) in [7, 11) is 0. The van der Waals surface area contributed by atoms with Crippen LogP contribution in [0.2, 0.25) is 0 Å². The van der Waals surface area contributed by atoms with Gasteiger partial charge in [-0.15, -0.1) is 0 Å². The molecule has 1 aliphatic heterocycles. The van der Waals surface area contributed by atoms with E-state index in [0.29, 0.717) is 18.4 Å². The molecule has 0 spiro atoms. The molecule has 22 heavy (non-hydrogen) atoms. The number of carbonyl (C=O) groups is 1. The van der Waals surface area contributed by atoms with E-state index >= 15 is 0 Å². The van der Waals surface area contributed by atoms with Gasteiger partial charge in [-0.25, -0.2) is 9.97 Å². The van der Waals surface area contributed by atoms with Crippen LogP contribution in [0, 0.1) is 5.92 Å². The Balaban J connectivity index is 1.73. The van der Waals surface area contributed by atoms with Crippen LogP contribution in [-0.4, -0.2) is 33.9 Å². The monoisotopic (exact) mass is 296 g/mol. The van der Waals surface area contributed by atoms with Crippen LogP contribution in [0.3, 0.4) is 0 Å². The minimum atomic E-state index is -0.121. The fourth-order valence-electron chi connectivity index (χ4n) is 3.19. The van der Waals surface area contributed by atoms with Crippen molar-refractivity contribution in [2.75, 3.05) is 18.8 Å². The zero-order valence-electron chi connectivity index (χ0n) is 12.6. The van der Waals surface area contributed by atoms with Gasteiger partial charge < -0.3 is 10.6 Å². The summed E-state index contributed by atoms with van der Waals surface area (Å²) >= 11 is 0. The van der Waals surface area contributed by atoms with E-state index in [0.717, 1.165) is 13.0 Å². The van der Waals surface area contributed by atoms with Gasteiger partial charge in [0.05, 0.1) is 0 Å². The Morgan fingerprint density at radius 3 is 2.64 bits per heavy atom. The normalized spacial score (nSPS) is 21.6. The lowest BCUT2D eigenvalue weighted by Crippen LogP contribution is -2.42. The molecule has 0 bridgehead atoms. The van der Waals surface area contributed by atoms with E-state index in [4.69, 9.17) is 5.73 Å². The standard InChI is InChI=1S/C17H20N4O/c1-12-11-21(17(22)15-16(18)20-9-8-19-15)10-7-14(12)13-5-3-2-4-6-13/h2-6,8-9,12,14H,7,10-11H2,1H3,(H2,18,20). The second-order valence-electron chi connectivity index (χ2n) is 5.82. The van der Waals surface area contributed by atoms with Gasteiger partial charge in [-0.1, -0.05) is 37.3 Å². The highest BCUT2D eigenvalue weighted by Gasteiger charge is 2.31. The molecule has 114 valence electrons. The van der Waals surface area contributed by atoms with Gasteiger partial charge in [0.1, 0.15) is 0 Å². The summed E-state index contributed by atoms with van der Waals surface area (Å²) in [5.74, 6) is 0.969. The van der Waals surface area contributed by atoms with Gasteiger partial charge in [-0.2, -0.15) is 0 Å². The molecule has 1 aromatic carbocycles. The van der Waals surface area contributed by atoms with Crippen LogP contribution in [0.15, 0.2) is 42.7 Å². The van der Waals surface area contributed by atoms with Crippen LogP contribution >= 0.6 is 0 Å². The van der Waals surface area contributed by atoms with Crippen molar-refractivity contribution in [1.29, 1.82) is 0 Å². The lowest BCUT2D eigenvalue weighted by Gasteiger charge is -2.37. The van der Waals surface area contributed by atoms with Gasteiger partial charge in [-0.3, -0.25) is 4.79 Å². The predicted molar refractivity (Wildman–Crippen MR) is 85.3 cm³/mol. The van der Waals surface area contributed by atoms with Crippen molar-refractivity contribution in [2.45, 2.75) is 19.3 Å². The number of amides is 1. The maximum Gasteiger partial charge on any atom is 0.276 e. The van der Waals surface area contributed by atoms with Crippen LogP contribution in [0.5, 0.6) is 0 Å². The summed E-state index contributed by atoms with van der Waals surface area (Å²) in [6, 6.07) is 10.5. The molecule has 2 heterocycles. The van der Waals surface area contributed by atoms with Gasteiger partial charge in [0, 0.05) is 25.5 Å². The molecule has 1 saturated heterocycles. The largest absolute Gasteiger partial charge is 0.382 e. The minimum Gasteiger partial charge on any atom is -0.382 e. The molecule has 1 aromatic heterocycles. The number of anilines is 1. The highest BCUT2D eigenvalue weighted by atomic mass is 16.2. The molecular formula is C17H20N4O. The summed E-state index contributed by atoms with van der Waals surface area (Å²) in [5.41, 5.74) is 7.37. The number of aromatic nitrogens is 2. The number of hydrogen-bond donors (Lipinski definition) is 1. The number of nitrogens with zero attached hydrogens (tertiary/aromatic N) is 3. The van der Waals surface area contributed by atoms with Gasteiger partial charge in [0.25, 0.3) is 5.91 Å². The van der Waals surface area contributed by atoms with E-state index in [2.05, 4.69) is 41.2 Å². The first kappa shape index (κ1) is 14.5. The van der Waals surface area contributed by atoms with Gasteiger partial charge in [-0.05, 0) is 23.8 Å². The molecule has 2 atom stereocenters. The molecule has 0 aliphatic carbocycles. The third-order valence-corrected chi connectivity index (χ3v) is 4.35. The minimum absolute atomic E-state index is 0.121. The summed E-state index contributed by atoms with van der Waals surface area (Å²) in [5, 5.41) is 0. The Morgan fingerprint density at radius 1 is 1.23 bits per heavy atom. The molecule has 2 unspecified atom stereocenters. The van der Waals surface area contributed by atoms with E-state index in [9.17, 15) is 4.79 Å². The highest BCUT2D eigenvalue weighted by Crippen LogP contribution is 2.33. The molecule has 0 saturated carbocycles. The first-order chi connectivity index (χ1) is 10.7. The average Bonchev–Trinajstić information content (AvgIpc) is 2.55. The second kappa shape index (κ2) is 6.13. The Bertz CT molecular complexity index is 659. The summed E-state index contributed by atoms with van der Waals surface area (Å²) in [4.78, 5) is 22.4. The maximum atomic E-state index is 12.6. The summed E-state index contributed by atoms with van der Waals surface area (Å²) in [6.45, 7) is 3.63.